The molecule has 0 spiro atoms. The Hall–Kier alpha value is -2.04. The number of methoxy groups -OCH3 is 1. The summed E-state index contributed by atoms with van der Waals surface area (Å²) in [4.78, 5) is 14.1. The predicted octanol–water partition coefficient (Wildman–Crippen LogP) is 0.770. The zero-order valence-electron chi connectivity index (χ0n) is 7.60. The van der Waals surface area contributed by atoms with Crippen molar-refractivity contribution in [2.75, 3.05) is 12.8 Å². The van der Waals surface area contributed by atoms with E-state index >= 15 is 0 Å². The van der Waals surface area contributed by atoms with E-state index in [9.17, 15) is 4.79 Å². The number of nitrogen functional groups attached to an aromatic ring is 1. The van der Waals surface area contributed by atoms with Crippen LogP contribution in [0.25, 0.3) is 6.08 Å². The largest absolute Gasteiger partial charge is 0.494 e. The molecular weight excluding hydrogens is 184 g/mol. The Morgan fingerprint density at radius 1 is 1.71 bits per heavy atom. The maximum atomic E-state index is 10.2. The van der Waals surface area contributed by atoms with Crippen LogP contribution in [0.4, 0.5) is 5.69 Å². The second-order valence-electron chi connectivity index (χ2n) is 2.52. The summed E-state index contributed by atoms with van der Waals surface area (Å²) >= 11 is 0. The van der Waals surface area contributed by atoms with Crippen LogP contribution >= 0.6 is 0 Å². The minimum absolute atomic E-state index is 0.417. The average Bonchev–Trinajstić information content (AvgIpc) is 2.16. The molecule has 0 aliphatic carbocycles. The molecule has 0 saturated heterocycles. The summed E-state index contributed by atoms with van der Waals surface area (Å²) in [7, 11) is 1.48. The van der Waals surface area contributed by atoms with Crippen molar-refractivity contribution < 1.29 is 14.6 Å². The van der Waals surface area contributed by atoms with E-state index in [1.165, 1.54) is 19.4 Å². The van der Waals surface area contributed by atoms with Gasteiger partial charge in [-0.3, -0.25) is 4.98 Å². The summed E-state index contributed by atoms with van der Waals surface area (Å²) in [5, 5.41) is 8.39. The zero-order valence-corrected chi connectivity index (χ0v) is 7.60. The Balaban J connectivity index is 2.95. The molecule has 5 nitrogen and oxygen atoms in total. The van der Waals surface area contributed by atoms with Crippen molar-refractivity contribution in [2.45, 2.75) is 0 Å². The summed E-state index contributed by atoms with van der Waals surface area (Å²) in [6, 6.07) is 1.56. The van der Waals surface area contributed by atoms with E-state index < -0.39 is 5.97 Å². The predicted molar refractivity (Wildman–Crippen MR) is 51.9 cm³/mol. The van der Waals surface area contributed by atoms with Crippen LogP contribution in [0, 0.1) is 0 Å². The molecule has 0 atom stereocenters. The number of aliphatic carboxylic acids is 1. The summed E-state index contributed by atoms with van der Waals surface area (Å²) in [5.41, 5.74) is 6.43. The van der Waals surface area contributed by atoms with Crippen molar-refractivity contribution in [2.24, 2.45) is 0 Å². The molecule has 1 aromatic heterocycles. The number of hydrogen-bond acceptors (Lipinski definition) is 4. The van der Waals surface area contributed by atoms with Crippen LogP contribution < -0.4 is 10.5 Å². The topological polar surface area (TPSA) is 85.4 Å². The van der Waals surface area contributed by atoms with E-state index in [-0.39, 0.29) is 0 Å². The van der Waals surface area contributed by atoms with Crippen LogP contribution in [0.3, 0.4) is 0 Å². The van der Waals surface area contributed by atoms with Gasteiger partial charge in [0.05, 0.1) is 24.7 Å². The summed E-state index contributed by atoms with van der Waals surface area (Å²) < 4.78 is 4.95. The highest BCUT2D eigenvalue weighted by atomic mass is 16.5. The first-order valence-electron chi connectivity index (χ1n) is 3.84. The number of pyridine rings is 1. The highest BCUT2D eigenvalue weighted by Crippen LogP contribution is 2.20. The van der Waals surface area contributed by atoms with Gasteiger partial charge in [-0.15, -0.1) is 0 Å². The van der Waals surface area contributed by atoms with Gasteiger partial charge < -0.3 is 15.6 Å². The first-order chi connectivity index (χ1) is 6.63. The molecule has 0 aliphatic rings. The molecular formula is C9H10N2O3. The van der Waals surface area contributed by atoms with Crippen molar-refractivity contribution in [1.29, 1.82) is 0 Å². The summed E-state index contributed by atoms with van der Waals surface area (Å²) in [6.07, 6.45) is 3.78. The van der Waals surface area contributed by atoms with Gasteiger partial charge in [0.2, 0.25) is 0 Å². The van der Waals surface area contributed by atoms with E-state index in [1.807, 2.05) is 0 Å². The maximum Gasteiger partial charge on any atom is 0.328 e. The molecule has 1 aromatic rings. The number of ether oxygens (including phenoxy) is 1. The van der Waals surface area contributed by atoms with Crippen LogP contribution in [0.1, 0.15) is 5.69 Å². The first-order valence-corrected chi connectivity index (χ1v) is 3.84. The summed E-state index contributed by atoms with van der Waals surface area (Å²) in [6.45, 7) is 0. The number of anilines is 1. The van der Waals surface area contributed by atoms with E-state index in [2.05, 4.69) is 4.98 Å². The molecule has 14 heavy (non-hydrogen) atoms. The Morgan fingerprint density at radius 2 is 2.43 bits per heavy atom. The van der Waals surface area contributed by atoms with E-state index in [4.69, 9.17) is 15.6 Å². The van der Waals surface area contributed by atoms with Gasteiger partial charge >= 0.3 is 5.97 Å². The number of nitrogens with two attached hydrogens (primary N) is 1. The number of carboxylic acids is 1. The van der Waals surface area contributed by atoms with Crippen molar-refractivity contribution in [3.63, 3.8) is 0 Å². The maximum absolute atomic E-state index is 10.2. The number of hydrogen-bond donors (Lipinski definition) is 2. The van der Waals surface area contributed by atoms with Gasteiger partial charge in [-0.2, -0.15) is 0 Å². The first kappa shape index (κ1) is 10.0. The Labute approximate surface area is 80.8 Å². The average molecular weight is 194 g/mol. The van der Waals surface area contributed by atoms with Gasteiger partial charge in [0.1, 0.15) is 5.75 Å². The lowest BCUT2D eigenvalue weighted by Crippen LogP contribution is -1.95. The van der Waals surface area contributed by atoms with Gasteiger partial charge in [0.15, 0.2) is 0 Å². The van der Waals surface area contributed by atoms with Crippen LogP contribution in [0.2, 0.25) is 0 Å². The third kappa shape index (κ3) is 2.48. The minimum atomic E-state index is -1.03. The van der Waals surface area contributed by atoms with Crippen molar-refractivity contribution in [3.8, 4) is 5.75 Å². The van der Waals surface area contributed by atoms with Crippen LogP contribution in [-0.4, -0.2) is 23.2 Å². The smallest absolute Gasteiger partial charge is 0.328 e. The molecule has 0 amide bonds. The monoisotopic (exact) mass is 194 g/mol. The van der Waals surface area contributed by atoms with Crippen LogP contribution in [0.5, 0.6) is 5.75 Å². The van der Waals surface area contributed by atoms with Gasteiger partial charge in [-0.05, 0) is 6.08 Å². The Kier molecular flexibility index (Phi) is 3.06. The van der Waals surface area contributed by atoms with Gasteiger partial charge in [0.25, 0.3) is 0 Å². The number of nitrogens with zero attached hydrogens (tertiary/aromatic N) is 1. The normalized spacial score (nSPS) is 10.4. The standard InChI is InChI=1S/C9H10N2O3/c1-14-8-4-6(2-3-9(12)13)11-5-7(8)10/h2-5H,10H2,1H3,(H,12,13)/b3-2+. The molecule has 1 heterocycles. The van der Waals surface area contributed by atoms with E-state index in [0.29, 0.717) is 17.1 Å². The number of carbonyl (C=O) groups is 1. The SMILES string of the molecule is COc1cc(/C=C/C(=O)O)ncc1N. The van der Waals surface area contributed by atoms with Gasteiger partial charge in [0, 0.05) is 12.1 Å². The molecule has 5 heteroatoms. The van der Waals surface area contributed by atoms with Crippen LogP contribution in [-0.2, 0) is 4.79 Å². The van der Waals surface area contributed by atoms with E-state index in [1.54, 1.807) is 6.07 Å². The molecule has 0 saturated carbocycles. The highest BCUT2D eigenvalue weighted by molar-refractivity contribution is 5.85. The van der Waals surface area contributed by atoms with Crippen LogP contribution in [0.15, 0.2) is 18.3 Å². The lowest BCUT2D eigenvalue weighted by molar-refractivity contribution is -0.131. The molecule has 0 aliphatic heterocycles. The third-order valence-electron chi connectivity index (χ3n) is 1.53. The van der Waals surface area contributed by atoms with Crippen molar-refractivity contribution in [3.05, 3.63) is 24.0 Å². The fourth-order valence-corrected chi connectivity index (χ4v) is 0.887. The van der Waals surface area contributed by atoms with E-state index in [0.717, 1.165) is 6.08 Å². The van der Waals surface area contributed by atoms with Crippen molar-refractivity contribution in [1.82, 2.24) is 4.98 Å². The lowest BCUT2D eigenvalue weighted by Gasteiger charge is -2.03. The summed E-state index contributed by atoms with van der Waals surface area (Å²) in [5.74, 6) is -0.548. The molecule has 0 fully saturated rings. The Morgan fingerprint density at radius 3 is 3.00 bits per heavy atom. The number of carboxylic acid groups (broad SMARTS) is 1. The Bertz CT molecular complexity index is 374. The molecule has 3 N–H and O–H groups in total. The fraction of sp³-hybridized carbons (Fsp3) is 0.111. The zero-order chi connectivity index (χ0) is 10.6. The fourth-order valence-electron chi connectivity index (χ4n) is 0.887. The molecule has 0 radical (unpaired) electrons. The molecule has 0 aromatic carbocycles. The highest BCUT2D eigenvalue weighted by Gasteiger charge is 2.00. The molecule has 0 bridgehead atoms. The quantitative estimate of drug-likeness (QED) is 0.694. The van der Waals surface area contributed by atoms with Crippen molar-refractivity contribution >= 4 is 17.7 Å². The molecule has 1 rings (SSSR count). The molecule has 74 valence electrons. The second kappa shape index (κ2) is 4.27. The number of rotatable bonds is 3. The van der Waals surface area contributed by atoms with Gasteiger partial charge in [-0.25, -0.2) is 4.79 Å². The minimum Gasteiger partial charge on any atom is -0.494 e. The molecule has 0 unspecified atom stereocenters. The third-order valence-corrected chi connectivity index (χ3v) is 1.53. The van der Waals surface area contributed by atoms with Gasteiger partial charge in [-0.1, -0.05) is 0 Å². The lowest BCUT2D eigenvalue weighted by atomic mass is 10.3. The second-order valence-corrected chi connectivity index (χ2v) is 2.52. The number of aromatic nitrogens is 1.